The Balaban J connectivity index is 1.87. The number of benzene rings is 1. The summed E-state index contributed by atoms with van der Waals surface area (Å²) in [4.78, 5) is 4.91. The molecule has 2 N–H and O–H groups in total. The highest BCUT2D eigenvalue weighted by Crippen LogP contribution is 2.19. The van der Waals surface area contributed by atoms with Crippen LogP contribution < -0.4 is 10.5 Å². The van der Waals surface area contributed by atoms with Crippen molar-refractivity contribution in [1.82, 2.24) is 9.80 Å². The van der Waals surface area contributed by atoms with Crippen LogP contribution in [0.2, 0.25) is 0 Å². The second-order valence-corrected chi connectivity index (χ2v) is 4.72. The summed E-state index contributed by atoms with van der Waals surface area (Å²) in [7, 11) is 1.73. The smallest absolute Gasteiger partial charge is 0.123 e. The molecule has 1 saturated heterocycles. The summed E-state index contributed by atoms with van der Waals surface area (Å²) in [6.07, 6.45) is 0. The van der Waals surface area contributed by atoms with Crippen LogP contribution in [0.4, 0.5) is 0 Å². The third-order valence-corrected chi connectivity index (χ3v) is 3.50. The lowest BCUT2D eigenvalue weighted by Crippen LogP contribution is -2.47. The first-order chi connectivity index (χ1) is 8.83. The Morgan fingerprint density at radius 3 is 2.44 bits per heavy atom. The SMILES string of the molecule is COc1ccccc1CN1CCN(CCN)CC1. The summed E-state index contributed by atoms with van der Waals surface area (Å²) >= 11 is 0. The Labute approximate surface area is 109 Å². The number of hydrogen-bond acceptors (Lipinski definition) is 4. The Bertz CT molecular complexity index is 362. The third kappa shape index (κ3) is 3.45. The summed E-state index contributed by atoms with van der Waals surface area (Å²) < 4.78 is 5.39. The molecule has 0 radical (unpaired) electrons. The molecule has 0 atom stereocenters. The molecule has 1 aliphatic heterocycles. The summed E-state index contributed by atoms with van der Waals surface area (Å²) in [5.74, 6) is 0.988. The first-order valence-electron chi connectivity index (χ1n) is 6.60. The van der Waals surface area contributed by atoms with Crippen LogP contribution in [0.3, 0.4) is 0 Å². The van der Waals surface area contributed by atoms with Crippen molar-refractivity contribution in [2.75, 3.05) is 46.4 Å². The van der Waals surface area contributed by atoms with Crippen LogP contribution in [-0.2, 0) is 6.54 Å². The molecule has 0 bridgehead atoms. The maximum absolute atomic E-state index is 5.58. The van der Waals surface area contributed by atoms with Crippen molar-refractivity contribution >= 4 is 0 Å². The van der Waals surface area contributed by atoms with E-state index < -0.39 is 0 Å². The van der Waals surface area contributed by atoms with E-state index in [0.717, 1.165) is 51.6 Å². The molecule has 4 nitrogen and oxygen atoms in total. The van der Waals surface area contributed by atoms with Crippen LogP contribution in [0.1, 0.15) is 5.56 Å². The van der Waals surface area contributed by atoms with E-state index in [4.69, 9.17) is 10.5 Å². The van der Waals surface area contributed by atoms with Gasteiger partial charge in [-0.1, -0.05) is 18.2 Å². The van der Waals surface area contributed by atoms with Crippen molar-refractivity contribution in [1.29, 1.82) is 0 Å². The third-order valence-electron chi connectivity index (χ3n) is 3.50. The maximum Gasteiger partial charge on any atom is 0.123 e. The van der Waals surface area contributed by atoms with E-state index in [1.807, 2.05) is 12.1 Å². The average Bonchev–Trinajstić information content (AvgIpc) is 2.42. The molecule has 1 fully saturated rings. The molecule has 2 rings (SSSR count). The monoisotopic (exact) mass is 249 g/mol. The summed E-state index contributed by atoms with van der Waals surface area (Å²) in [6, 6.07) is 8.26. The van der Waals surface area contributed by atoms with Gasteiger partial charge in [0, 0.05) is 51.4 Å². The molecule has 0 amide bonds. The van der Waals surface area contributed by atoms with Crippen molar-refractivity contribution in [2.45, 2.75) is 6.54 Å². The van der Waals surface area contributed by atoms with Gasteiger partial charge in [0.2, 0.25) is 0 Å². The minimum atomic E-state index is 0.756. The fourth-order valence-corrected chi connectivity index (χ4v) is 2.43. The lowest BCUT2D eigenvalue weighted by molar-refractivity contribution is 0.129. The Morgan fingerprint density at radius 1 is 1.11 bits per heavy atom. The maximum atomic E-state index is 5.58. The van der Waals surface area contributed by atoms with Gasteiger partial charge >= 0.3 is 0 Å². The van der Waals surface area contributed by atoms with Crippen molar-refractivity contribution < 1.29 is 4.74 Å². The normalized spacial score (nSPS) is 17.9. The topological polar surface area (TPSA) is 41.7 Å². The van der Waals surface area contributed by atoms with Gasteiger partial charge < -0.3 is 10.5 Å². The minimum absolute atomic E-state index is 0.756. The summed E-state index contributed by atoms with van der Waals surface area (Å²) in [5, 5.41) is 0. The van der Waals surface area contributed by atoms with Crippen LogP contribution in [0.15, 0.2) is 24.3 Å². The molecule has 1 aromatic rings. The van der Waals surface area contributed by atoms with Gasteiger partial charge in [-0.2, -0.15) is 0 Å². The van der Waals surface area contributed by atoms with Gasteiger partial charge in [-0.25, -0.2) is 0 Å². The second kappa shape index (κ2) is 6.73. The average molecular weight is 249 g/mol. The van der Waals surface area contributed by atoms with Crippen LogP contribution in [-0.4, -0.2) is 56.2 Å². The molecule has 0 spiro atoms. The first kappa shape index (κ1) is 13.3. The number of hydrogen-bond donors (Lipinski definition) is 1. The fourth-order valence-electron chi connectivity index (χ4n) is 2.43. The highest BCUT2D eigenvalue weighted by molar-refractivity contribution is 5.33. The fraction of sp³-hybridized carbons (Fsp3) is 0.571. The van der Waals surface area contributed by atoms with Crippen molar-refractivity contribution in [2.24, 2.45) is 5.73 Å². The van der Waals surface area contributed by atoms with Crippen LogP contribution in [0.5, 0.6) is 5.75 Å². The molecule has 4 heteroatoms. The van der Waals surface area contributed by atoms with E-state index in [1.54, 1.807) is 7.11 Å². The van der Waals surface area contributed by atoms with Crippen LogP contribution in [0.25, 0.3) is 0 Å². The van der Waals surface area contributed by atoms with Crippen molar-refractivity contribution in [3.8, 4) is 5.75 Å². The van der Waals surface area contributed by atoms with Gasteiger partial charge in [-0.05, 0) is 6.07 Å². The number of nitrogens with zero attached hydrogens (tertiary/aromatic N) is 2. The molecule has 1 heterocycles. The van der Waals surface area contributed by atoms with Gasteiger partial charge in [0.1, 0.15) is 5.75 Å². The van der Waals surface area contributed by atoms with E-state index in [0.29, 0.717) is 0 Å². The van der Waals surface area contributed by atoms with Crippen molar-refractivity contribution in [3.05, 3.63) is 29.8 Å². The predicted molar refractivity (Wildman–Crippen MR) is 73.8 cm³/mol. The van der Waals surface area contributed by atoms with Gasteiger partial charge in [0.05, 0.1) is 7.11 Å². The lowest BCUT2D eigenvalue weighted by atomic mass is 10.1. The van der Waals surface area contributed by atoms with E-state index in [-0.39, 0.29) is 0 Å². The number of nitrogens with two attached hydrogens (primary N) is 1. The van der Waals surface area contributed by atoms with Gasteiger partial charge in [-0.15, -0.1) is 0 Å². The minimum Gasteiger partial charge on any atom is -0.496 e. The molecular formula is C14H23N3O. The Kier molecular flexibility index (Phi) is 4.99. The number of ether oxygens (including phenoxy) is 1. The zero-order chi connectivity index (χ0) is 12.8. The summed E-state index contributed by atoms with van der Waals surface area (Å²) in [5.41, 5.74) is 6.85. The van der Waals surface area contributed by atoms with E-state index in [9.17, 15) is 0 Å². The van der Waals surface area contributed by atoms with Gasteiger partial charge in [0.15, 0.2) is 0 Å². The molecule has 0 saturated carbocycles. The van der Waals surface area contributed by atoms with Crippen LogP contribution >= 0.6 is 0 Å². The Hall–Kier alpha value is -1.10. The molecule has 100 valence electrons. The second-order valence-electron chi connectivity index (χ2n) is 4.72. The Morgan fingerprint density at radius 2 is 1.78 bits per heavy atom. The zero-order valence-electron chi connectivity index (χ0n) is 11.1. The lowest BCUT2D eigenvalue weighted by Gasteiger charge is -2.34. The predicted octanol–water partition coefficient (Wildman–Crippen LogP) is 0.771. The van der Waals surface area contributed by atoms with E-state index >= 15 is 0 Å². The molecular weight excluding hydrogens is 226 g/mol. The van der Waals surface area contributed by atoms with Gasteiger partial charge in [-0.3, -0.25) is 9.80 Å². The molecule has 0 aliphatic carbocycles. The highest BCUT2D eigenvalue weighted by Gasteiger charge is 2.17. The molecule has 18 heavy (non-hydrogen) atoms. The summed E-state index contributed by atoms with van der Waals surface area (Å²) in [6.45, 7) is 7.20. The van der Waals surface area contributed by atoms with E-state index in [1.165, 1.54) is 5.56 Å². The van der Waals surface area contributed by atoms with Crippen molar-refractivity contribution in [3.63, 3.8) is 0 Å². The molecule has 1 aromatic carbocycles. The molecule has 1 aliphatic rings. The number of piperazine rings is 1. The standard InChI is InChI=1S/C14H23N3O/c1-18-14-5-3-2-4-13(14)12-17-10-8-16(7-6-15)9-11-17/h2-5H,6-12,15H2,1H3. The molecule has 0 aromatic heterocycles. The van der Waals surface area contributed by atoms with E-state index in [2.05, 4.69) is 21.9 Å². The molecule has 0 unspecified atom stereocenters. The van der Waals surface area contributed by atoms with Crippen LogP contribution in [0, 0.1) is 0 Å². The first-order valence-corrected chi connectivity index (χ1v) is 6.60. The number of rotatable bonds is 5. The highest BCUT2D eigenvalue weighted by atomic mass is 16.5. The largest absolute Gasteiger partial charge is 0.496 e. The zero-order valence-corrected chi connectivity index (χ0v) is 11.1. The number of para-hydroxylation sites is 1. The quantitative estimate of drug-likeness (QED) is 0.837. The number of methoxy groups -OCH3 is 1. The van der Waals surface area contributed by atoms with Gasteiger partial charge in [0.25, 0.3) is 0 Å².